The Morgan fingerprint density at radius 3 is 1.57 bits per heavy atom. The molecule has 0 aromatic heterocycles. The summed E-state index contributed by atoms with van der Waals surface area (Å²) in [5.41, 5.74) is 3.49. The molecule has 0 saturated heterocycles. The van der Waals surface area contributed by atoms with E-state index in [2.05, 4.69) is 24.3 Å². The molecule has 3 saturated carbocycles. The molecule has 0 heterocycles. The van der Waals surface area contributed by atoms with Crippen molar-refractivity contribution < 1.29 is 0 Å². The molecular formula is C14H14. The molecule has 1 aromatic rings. The van der Waals surface area contributed by atoms with Gasteiger partial charge in [-0.1, -0.05) is 24.3 Å². The normalized spacial score (nSPS) is 54.6. The van der Waals surface area contributed by atoms with Gasteiger partial charge in [0.25, 0.3) is 0 Å². The lowest BCUT2D eigenvalue weighted by molar-refractivity contribution is 0.320. The molecule has 70 valence electrons. The lowest BCUT2D eigenvalue weighted by Gasteiger charge is -2.37. The smallest absolute Gasteiger partial charge is 0.00965 e. The zero-order valence-corrected chi connectivity index (χ0v) is 8.19. The second kappa shape index (κ2) is 1.80. The predicted octanol–water partition coefficient (Wildman–Crippen LogP) is 3.15. The third-order valence-corrected chi connectivity index (χ3v) is 5.34. The molecule has 5 aliphatic rings. The molecule has 6 atom stereocenters. The maximum Gasteiger partial charge on any atom is -0.00965 e. The van der Waals surface area contributed by atoms with Crippen LogP contribution in [0, 0.1) is 23.7 Å². The third-order valence-electron chi connectivity index (χ3n) is 5.34. The molecule has 0 spiro atoms. The lowest BCUT2D eigenvalue weighted by Crippen LogP contribution is -2.26. The molecule has 5 aliphatic carbocycles. The molecule has 2 bridgehead atoms. The average molecular weight is 182 g/mol. The highest BCUT2D eigenvalue weighted by molar-refractivity contribution is 5.47. The van der Waals surface area contributed by atoms with Gasteiger partial charge in [0.15, 0.2) is 0 Å². The average Bonchev–Trinajstić information content (AvgIpc) is 3.08. The van der Waals surface area contributed by atoms with Crippen LogP contribution in [0.5, 0.6) is 0 Å². The van der Waals surface area contributed by atoms with Gasteiger partial charge in [0.2, 0.25) is 0 Å². The number of benzene rings is 1. The molecule has 2 unspecified atom stereocenters. The fourth-order valence-electron chi connectivity index (χ4n) is 4.80. The van der Waals surface area contributed by atoms with Crippen LogP contribution < -0.4 is 0 Å². The highest BCUT2D eigenvalue weighted by Gasteiger charge is 2.68. The summed E-state index contributed by atoms with van der Waals surface area (Å²) in [5.74, 6) is 6.42. The van der Waals surface area contributed by atoms with E-state index in [0.29, 0.717) is 0 Å². The monoisotopic (exact) mass is 182 g/mol. The van der Waals surface area contributed by atoms with Crippen LogP contribution in [0.15, 0.2) is 24.3 Å². The lowest BCUT2D eigenvalue weighted by atomic mass is 9.67. The van der Waals surface area contributed by atoms with Crippen LogP contribution >= 0.6 is 0 Å². The van der Waals surface area contributed by atoms with E-state index >= 15 is 0 Å². The van der Waals surface area contributed by atoms with Gasteiger partial charge >= 0.3 is 0 Å². The number of rotatable bonds is 0. The minimum absolute atomic E-state index is 0.992. The standard InChI is InChI=1S/C14H14/c1-2-4-8-7(3-1)13-9-5-11(9)14(8)12-6-10(12)13/h1-4,9-14H,5-6H2/t9-,10-,11-,12+,13?,14?/m1/s1. The topological polar surface area (TPSA) is 0 Å². The summed E-state index contributed by atoms with van der Waals surface area (Å²) in [6, 6.07) is 9.31. The second-order valence-electron chi connectivity index (χ2n) is 5.81. The molecule has 6 rings (SSSR count). The first-order valence-corrected chi connectivity index (χ1v) is 6.04. The van der Waals surface area contributed by atoms with Crippen molar-refractivity contribution in [2.24, 2.45) is 23.7 Å². The van der Waals surface area contributed by atoms with Gasteiger partial charge in [0.05, 0.1) is 0 Å². The van der Waals surface area contributed by atoms with E-state index in [-0.39, 0.29) is 0 Å². The minimum Gasteiger partial charge on any atom is -0.0620 e. The van der Waals surface area contributed by atoms with Gasteiger partial charge in [-0.2, -0.15) is 0 Å². The van der Waals surface area contributed by atoms with E-state index in [1.54, 1.807) is 24.0 Å². The van der Waals surface area contributed by atoms with Crippen LogP contribution in [0.25, 0.3) is 0 Å². The van der Waals surface area contributed by atoms with Crippen molar-refractivity contribution in [1.29, 1.82) is 0 Å². The molecule has 0 nitrogen and oxygen atoms in total. The van der Waals surface area contributed by atoms with Crippen LogP contribution in [0.4, 0.5) is 0 Å². The highest BCUT2D eigenvalue weighted by Crippen LogP contribution is 2.78. The van der Waals surface area contributed by atoms with Crippen LogP contribution in [0.2, 0.25) is 0 Å². The Bertz CT molecular complexity index is 376. The molecule has 0 heteroatoms. The van der Waals surface area contributed by atoms with Crippen molar-refractivity contribution in [3.8, 4) is 0 Å². The van der Waals surface area contributed by atoms with E-state index in [4.69, 9.17) is 0 Å². The van der Waals surface area contributed by atoms with E-state index in [1.165, 1.54) is 0 Å². The largest absolute Gasteiger partial charge is 0.0620 e. The summed E-state index contributed by atoms with van der Waals surface area (Å²) in [6.07, 6.45) is 3.11. The van der Waals surface area contributed by atoms with E-state index in [0.717, 1.165) is 35.5 Å². The van der Waals surface area contributed by atoms with E-state index in [9.17, 15) is 0 Å². The van der Waals surface area contributed by atoms with Gasteiger partial charge in [-0.3, -0.25) is 0 Å². The van der Waals surface area contributed by atoms with Gasteiger partial charge in [0, 0.05) is 0 Å². The maximum absolute atomic E-state index is 2.41. The molecule has 0 amide bonds. The summed E-state index contributed by atoms with van der Waals surface area (Å²) in [7, 11) is 0. The van der Waals surface area contributed by atoms with E-state index < -0.39 is 0 Å². The molecule has 14 heavy (non-hydrogen) atoms. The Hall–Kier alpha value is -0.780. The van der Waals surface area contributed by atoms with Crippen molar-refractivity contribution >= 4 is 0 Å². The van der Waals surface area contributed by atoms with Crippen molar-refractivity contribution in [3.63, 3.8) is 0 Å². The molecule has 0 aliphatic heterocycles. The maximum atomic E-state index is 2.41. The summed E-state index contributed by atoms with van der Waals surface area (Å²) in [5, 5.41) is 0. The van der Waals surface area contributed by atoms with Gasteiger partial charge in [-0.15, -0.1) is 0 Å². The number of hydrogen-bond acceptors (Lipinski definition) is 0. The fraction of sp³-hybridized carbons (Fsp3) is 0.571. The Morgan fingerprint density at radius 1 is 0.714 bits per heavy atom. The Kier molecular flexibility index (Phi) is 0.857. The quantitative estimate of drug-likeness (QED) is 0.578. The number of hydrogen-bond donors (Lipinski definition) is 0. The third kappa shape index (κ3) is 0.549. The van der Waals surface area contributed by atoms with Crippen molar-refractivity contribution in [1.82, 2.24) is 0 Å². The van der Waals surface area contributed by atoms with Crippen LogP contribution in [0.3, 0.4) is 0 Å². The van der Waals surface area contributed by atoms with Gasteiger partial charge in [0.1, 0.15) is 0 Å². The van der Waals surface area contributed by atoms with Gasteiger partial charge < -0.3 is 0 Å². The first kappa shape index (κ1) is 6.66. The van der Waals surface area contributed by atoms with Gasteiger partial charge in [-0.25, -0.2) is 0 Å². The highest BCUT2D eigenvalue weighted by atomic mass is 14.7. The SMILES string of the molecule is c1ccc2c(c1)C1[C@H]3C[C@H]3C2[C@@H]2C[C@@H]12. The van der Waals surface area contributed by atoms with E-state index in [1.807, 2.05) is 0 Å². The predicted molar refractivity (Wildman–Crippen MR) is 55.1 cm³/mol. The summed E-state index contributed by atoms with van der Waals surface area (Å²) in [4.78, 5) is 0. The van der Waals surface area contributed by atoms with Crippen molar-refractivity contribution in [2.45, 2.75) is 24.7 Å². The van der Waals surface area contributed by atoms with Crippen LogP contribution in [-0.2, 0) is 0 Å². The van der Waals surface area contributed by atoms with Crippen LogP contribution in [0.1, 0.15) is 35.8 Å². The fourth-order valence-corrected chi connectivity index (χ4v) is 4.80. The molecule has 0 radical (unpaired) electrons. The van der Waals surface area contributed by atoms with Gasteiger partial charge in [-0.05, 0) is 59.5 Å². The van der Waals surface area contributed by atoms with Crippen LogP contribution in [-0.4, -0.2) is 0 Å². The first-order valence-electron chi connectivity index (χ1n) is 6.04. The first-order chi connectivity index (χ1) is 6.95. The summed E-state index contributed by atoms with van der Waals surface area (Å²) >= 11 is 0. The summed E-state index contributed by atoms with van der Waals surface area (Å²) in [6.45, 7) is 0. The Labute approximate surface area is 84.3 Å². The summed E-state index contributed by atoms with van der Waals surface area (Å²) < 4.78 is 0. The zero-order chi connectivity index (χ0) is 8.86. The molecular weight excluding hydrogens is 168 g/mol. The molecule has 3 fully saturated rings. The van der Waals surface area contributed by atoms with Crippen molar-refractivity contribution in [2.75, 3.05) is 0 Å². The van der Waals surface area contributed by atoms with Crippen molar-refractivity contribution in [3.05, 3.63) is 35.4 Å². The Morgan fingerprint density at radius 2 is 1.14 bits per heavy atom. The molecule has 0 N–H and O–H groups in total. The molecule has 1 aromatic carbocycles. The second-order valence-corrected chi connectivity index (χ2v) is 5.81. The minimum atomic E-state index is 0.992. The zero-order valence-electron chi connectivity index (χ0n) is 8.19. The Balaban J connectivity index is 1.85.